The van der Waals surface area contributed by atoms with E-state index in [1.807, 2.05) is 6.07 Å². The summed E-state index contributed by atoms with van der Waals surface area (Å²) in [5.74, 6) is 0. The van der Waals surface area contributed by atoms with Crippen molar-refractivity contribution >= 4 is 55.2 Å². The van der Waals surface area contributed by atoms with Gasteiger partial charge in [-0.3, -0.25) is 0 Å². The molecule has 0 aliphatic carbocycles. The fraction of sp³-hybridized carbons (Fsp3) is 0. The van der Waals surface area contributed by atoms with Crippen LogP contribution in [0.3, 0.4) is 0 Å². The van der Waals surface area contributed by atoms with Crippen molar-refractivity contribution in [2.75, 3.05) is 0 Å². The molecule has 0 radical (unpaired) electrons. The Bertz CT molecular complexity index is 1780. The molecule has 7 rings (SSSR count). The van der Waals surface area contributed by atoms with E-state index in [0.717, 1.165) is 21.9 Å². The molecule has 0 atom stereocenters. The maximum atomic E-state index is 6.37. The molecule has 2 aromatic heterocycles. The molecular formula is C30H19ClN2. The van der Waals surface area contributed by atoms with Gasteiger partial charge in [0, 0.05) is 37.9 Å². The monoisotopic (exact) mass is 442 g/mol. The van der Waals surface area contributed by atoms with E-state index in [1.54, 1.807) is 0 Å². The van der Waals surface area contributed by atoms with E-state index in [0.29, 0.717) is 0 Å². The first-order chi connectivity index (χ1) is 16.3. The van der Waals surface area contributed by atoms with E-state index in [1.165, 1.54) is 38.1 Å². The minimum Gasteiger partial charge on any atom is -0.309 e. The number of halogens is 1. The molecule has 0 amide bonds. The van der Waals surface area contributed by atoms with Crippen molar-refractivity contribution in [3.8, 4) is 11.4 Å². The quantitative estimate of drug-likeness (QED) is 0.254. The van der Waals surface area contributed by atoms with Crippen LogP contribution in [0.1, 0.15) is 0 Å². The Balaban J connectivity index is 1.55. The predicted molar refractivity (Wildman–Crippen MR) is 140 cm³/mol. The number of rotatable bonds is 2. The zero-order valence-electron chi connectivity index (χ0n) is 17.7. The summed E-state index contributed by atoms with van der Waals surface area (Å²) < 4.78 is 4.69. The van der Waals surface area contributed by atoms with E-state index in [-0.39, 0.29) is 0 Å². The van der Waals surface area contributed by atoms with Gasteiger partial charge >= 0.3 is 0 Å². The smallest absolute Gasteiger partial charge is 0.0542 e. The van der Waals surface area contributed by atoms with Crippen molar-refractivity contribution in [2.45, 2.75) is 0 Å². The summed E-state index contributed by atoms with van der Waals surface area (Å²) in [5, 5.41) is 5.66. The van der Waals surface area contributed by atoms with Crippen molar-refractivity contribution in [3.63, 3.8) is 0 Å². The molecule has 7 aromatic rings. The first-order valence-electron chi connectivity index (χ1n) is 11.1. The normalized spacial score (nSPS) is 11.8. The number of nitrogens with zero attached hydrogens (tertiary/aromatic N) is 2. The van der Waals surface area contributed by atoms with E-state index in [4.69, 9.17) is 11.6 Å². The molecule has 0 fully saturated rings. The molecule has 2 heterocycles. The molecule has 0 spiro atoms. The fourth-order valence-corrected chi connectivity index (χ4v) is 5.37. The lowest BCUT2D eigenvalue weighted by Gasteiger charge is -2.12. The van der Waals surface area contributed by atoms with E-state index >= 15 is 0 Å². The maximum absolute atomic E-state index is 6.37. The Labute approximate surface area is 195 Å². The van der Waals surface area contributed by atoms with E-state index in [2.05, 4.69) is 118 Å². The van der Waals surface area contributed by atoms with Crippen LogP contribution in [-0.2, 0) is 0 Å². The molecule has 2 nitrogen and oxygen atoms in total. The van der Waals surface area contributed by atoms with E-state index in [9.17, 15) is 0 Å². The average molecular weight is 443 g/mol. The topological polar surface area (TPSA) is 9.86 Å². The highest BCUT2D eigenvalue weighted by Crippen LogP contribution is 2.36. The largest absolute Gasteiger partial charge is 0.309 e. The van der Waals surface area contributed by atoms with Gasteiger partial charge in [-0.15, -0.1) is 0 Å². The first kappa shape index (κ1) is 18.6. The van der Waals surface area contributed by atoms with Crippen LogP contribution >= 0.6 is 11.6 Å². The van der Waals surface area contributed by atoms with Crippen molar-refractivity contribution in [1.29, 1.82) is 0 Å². The van der Waals surface area contributed by atoms with Gasteiger partial charge in [-0.05, 0) is 54.6 Å². The van der Waals surface area contributed by atoms with Crippen LogP contribution in [-0.4, -0.2) is 9.13 Å². The van der Waals surface area contributed by atoms with Crippen molar-refractivity contribution in [1.82, 2.24) is 9.13 Å². The van der Waals surface area contributed by atoms with Crippen molar-refractivity contribution in [2.24, 2.45) is 0 Å². The summed E-state index contributed by atoms with van der Waals surface area (Å²) in [7, 11) is 0. The Hall–Kier alpha value is -4.01. The highest BCUT2D eigenvalue weighted by atomic mass is 35.5. The van der Waals surface area contributed by atoms with Crippen molar-refractivity contribution < 1.29 is 0 Å². The second-order valence-electron chi connectivity index (χ2n) is 8.40. The van der Waals surface area contributed by atoms with Gasteiger partial charge in [0.15, 0.2) is 0 Å². The standard InChI is InChI=1S/C30H19ClN2/c31-20-16-17-30-26(18-20)25-12-3-6-15-29(25)33(30)22-9-7-8-21(19-22)32-27-13-4-1-10-23(27)24-11-2-5-14-28(24)32/h1-19H. The molecule has 156 valence electrons. The van der Waals surface area contributed by atoms with Gasteiger partial charge in [-0.2, -0.15) is 0 Å². The molecule has 0 saturated heterocycles. The number of benzene rings is 5. The number of hydrogen-bond acceptors (Lipinski definition) is 0. The molecular weight excluding hydrogens is 424 g/mol. The molecule has 3 heteroatoms. The molecule has 0 unspecified atom stereocenters. The summed E-state index contributed by atoms with van der Waals surface area (Å²) >= 11 is 6.37. The van der Waals surface area contributed by atoms with Gasteiger partial charge in [0.05, 0.1) is 22.1 Å². The van der Waals surface area contributed by atoms with E-state index < -0.39 is 0 Å². The molecule has 0 bridgehead atoms. The maximum Gasteiger partial charge on any atom is 0.0542 e. The van der Waals surface area contributed by atoms with Crippen LogP contribution in [0, 0.1) is 0 Å². The molecule has 0 saturated carbocycles. The Morgan fingerprint density at radius 2 is 0.848 bits per heavy atom. The van der Waals surface area contributed by atoms with Gasteiger partial charge in [0.2, 0.25) is 0 Å². The predicted octanol–water partition coefficient (Wildman–Crippen LogP) is 8.53. The first-order valence-corrected chi connectivity index (χ1v) is 11.5. The lowest BCUT2D eigenvalue weighted by Crippen LogP contribution is -1.98. The Morgan fingerprint density at radius 3 is 1.39 bits per heavy atom. The zero-order valence-corrected chi connectivity index (χ0v) is 18.5. The van der Waals surface area contributed by atoms with Crippen LogP contribution in [0.2, 0.25) is 5.02 Å². The highest BCUT2D eigenvalue weighted by molar-refractivity contribution is 6.32. The number of fused-ring (bicyclic) bond motifs is 6. The average Bonchev–Trinajstić information content (AvgIpc) is 3.37. The summed E-state index contributed by atoms with van der Waals surface area (Å²) in [6, 6.07) is 40.7. The van der Waals surface area contributed by atoms with Crippen LogP contribution in [0.4, 0.5) is 0 Å². The van der Waals surface area contributed by atoms with Gasteiger partial charge < -0.3 is 9.13 Å². The van der Waals surface area contributed by atoms with Gasteiger partial charge in [0.1, 0.15) is 0 Å². The van der Waals surface area contributed by atoms with Gasteiger partial charge in [-0.1, -0.05) is 72.3 Å². The third-order valence-electron chi connectivity index (χ3n) is 6.56. The summed E-state index contributed by atoms with van der Waals surface area (Å²) in [6.07, 6.45) is 0. The zero-order chi connectivity index (χ0) is 21.9. The minimum atomic E-state index is 0.754. The number of para-hydroxylation sites is 3. The van der Waals surface area contributed by atoms with Crippen LogP contribution in [0.25, 0.3) is 55.0 Å². The molecule has 0 aliphatic rings. The Kier molecular flexibility index (Phi) is 3.93. The van der Waals surface area contributed by atoms with Crippen LogP contribution in [0.5, 0.6) is 0 Å². The fourth-order valence-electron chi connectivity index (χ4n) is 5.20. The third kappa shape index (κ3) is 2.68. The lowest BCUT2D eigenvalue weighted by atomic mass is 10.2. The minimum absolute atomic E-state index is 0.754. The van der Waals surface area contributed by atoms with Crippen LogP contribution in [0.15, 0.2) is 115 Å². The lowest BCUT2D eigenvalue weighted by molar-refractivity contribution is 1.13. The van der Waals surface area contributed by atoms with Gasteiger partial charge in [-0.25, -0.2) is 0 Å². The van der Waals surface area contributed by atoms with Crippen LogP contribution < -0.4 is 0 Å². The second kappa shape index (κ2) is 6.99. The number of aromatic nitrogens is 2. The molecule has 5 aromatic carbocycles. The number of hydrogen-bond donors (Lipinski definition) is 0. The third-order valence-corrected chi connectivity index (χ3v) is 6.80. The molecule has 0 aliphatic heterocycles. The second-order valence-corrected chi connectivity index (χ2v) is 8.84. The molecule has 33 heavy (non-hydrogen) atoms. The highest BCUT2D eigenvalue weighted by Gasteiger charge is 2.15. The summed E-state index contributed by atoms with van der Waals surface area (Å²) in [6.45, 7) is 0. The summed E-state index contributed by atoms with van der Waals surface area (Å²) in [4.78, 5) is 0. The van der Waals surface area contributed by atoms with Gasteiger partial charge in [0.25, 0.3) is 0 Å². The Morgan fingerprint density at radius 1 is 0.394 bits per heavy atom. The summed E-state index contributed by atoms with van der Waals surface area (Å²) in [5.41, 5.74) is 7.02. The van der Waals surface area contributed by atoms with Crippen molar-refractivity contribution in [3.05, 3.63) is 120 Å². The molecule has 0 N–H and O–H groups in total. The SMILES string of the molecule is Clc1ccc2c(c1)c1ccccc1n2-c1cccc(-n2c3ccccc3c3ccccc32)c1.